The van der Waals surface area contributed by atoms with Gasteiger partial charge in [0.15, 0.2) is 5.76 Å². The van der Waals surface area contributed by atoms with Gasteiger partial charge in [-0.05, 0) is 55.2 Å². The maximum atomic E-state index is 13.3. The number of ketones is 1. The van der Waals surface area contributed by atoms with E-state index in [4.69, 9.17) is 4.42 Å². The molecule has 4 heteroatoms. The van der Waals surface area contributed by atoms with Gasteiger partial charge >= 0.3 is 0 Å². The second-order valence-electron chi connectivity index (χ2n) is 7.99. The highest BCUT2D eigenvalue weighted by molar-refractivity contribution is 6.12. The van der Waals surface area contributed by atoms with E-state index < -0.39 is 0 Å². The zero-order valence-corrected chi connectivity index (χ0v) is 18.0. The number of benzene rings is 3. The average molecular weight is 412 g/mol. The predicted molar refractivity (Wildman–Crippen MR) is 124 cm³/mol. The summed E-state index contributed by atoms with van der Waals surface area (Å²) in [6, 6.07) is 21.1. The van der Waals surface area contributed by atoms with Crippen molar-refractivity contribution in [1.29, 1.82) is 0 Å². The Bertz CT molecular complexity index is 1250. The minimum atomic E-state index is -0.186. The lowest BCUT2D eigenvalue weighted by Crippen LogP contribution is -2.17. The van der Waals surface area contributed by atoms with Crippen LogP contribution in [0.4, 0.5) is 5.69 Å². The van der Waals surface area contributed by atoms with Crippen LogP contribution >= 0.6 is 0 Å². The molecule has 1 heterocycles. The van der Waals surface area contributed by atoms with Crippen LogP contribution in [0.1, 0.15) is 38.4 Å². The van der Waals surface area contributed by atoms with Crippen molar-refractivity contribution in [2.75, 3.05) is 5.32 Å². The van der Waals surface area contributed by atoms with Crippen LogP contribution < -0.4 is 5.32 Å². The Balaban J connectivity index is 1.66. The molecular weight excluding hydrogens is 386 g/mol. The van der Waals surface area contributed by atoms with Crippen molar-refractivity contribution in [2.45, 2.75) is 33.6 Å². The van der Waals surface area contributed by atoms with Crippen LogP contribution in [0.25, 0.3) is 11.0 Å². The molecule has 156 valence electrons. The minimum Gasteiger partial charge on any atom is -0.451 e. The number of furan rings is 1. The third-order valence-electron chi connectivity index (χ3n) is 5.50. The molecule has 0 atom stereocenters. The van der Waals surface area contributed by atoms with Gasteiger partial charge in [0.1, 0.15) is 5.58 Å². The number of Topliss-reactive ketones (excluding diaryl/α,β-unsaturated/α-hetero) is 1. The number of hydrogen-bond donors (Lipinski definition) is 1. The topological polar surface area (TPSA) is 59.3 Å². The van der Waals surface area contributed by atoms with Crippen molar-refractivity contribution in [1.82, 2.24) is 0 Å². The molecule has 1 amide bonds. The molecule has 4 nitrogen and oxygen atoms in total. The summed E-state index contributed by atoms with van der Waals surface area (Å²) in [5.41, 5.74) is 6.27. The highest BCUT2D eigenvalue weighted by Gasteiger charge is 2.23. The second kappa shape index (κ2) is 8.60. The Kier molecular flexibility index (Phi) is 5.72. The number of nitrogens with one attached hydrogen (secondary N) is 1. The standard InChI is InChI=1S/C27H25NO3/c1-17-13-18(2)22(19(3)14-17)16-23(29)27-26(21-11-7-8-12-24(21)31-27)28-25(30)15-20-9-5-4-6-10-20/h4-14H,15-16H2,1-3H3,(H,28,30). The lowest BCUT2D eigenvalue weighted by atomic mass is 9.95. The summed E-state index contributed by atoms with van der Waals surface area (Å²) in [7, 11) is 0. The third-order valence-corrected chi connectivity index (χ3v) is 5.50. The fourth-order valence-electron chi connectivity index (χ4n) is 4.06. The van der Waals surface area contributed by atoms with Crippen LogP contribution in [0, 0.1) is 20.8 Å². The normalized spacial score (nSPS) is 10.9. The van der Waals surface area contributed by atoms with E-state index in [1.807, 2.05) is 69.3 Å². The van der Waals surface area contributed by atoms with E-state index in [0.717, 1.165) is 27.6 Å². The number of rotatable bonds is 6. The van der Waals surface area contributed by atoms with Crippen molar-refractivity contribution in [2.24, 2.45) is 0 Å². The fraction of sp³-hybridized carbons (Fsp3) is 0.185. The molecule has 0 fully saturated rings. The summed E-state index contributed by atoms with van der Waals surface area (Å²) < 4.78 is 5.92. The lowest BCUT2D eigenvalue weighted by molar-refractivity contribution is -0.115. The highest BCUT2D eigenvalue weighted by Crippen LogP contribution is 2.32. The van der Waals surface area contributed by atoms with Crippen LogP contribution in [0.2, 0.25) is 0 Å². The Morgan fingerprint density at radius 3 is 2.19 bits per heavy atom. The smallest absolute Gasteiger partial charge is 0.228 e. The van der Waals surface area contributed by atoms with E-state index in [9.17, 15) is 9.59 Å². The number of amides is 1. The molecule has 0 saturated heterocycles. The lowest BCUT2D eigenvalue weighted by Gasteiger charge is -2.11. The van der Waals surface area contributed by atoms with E-state index in [1.165, 1.54) is 5.56 Å². The van der Waals surface area contributed by atoms with Crippen LogP contribution in [-0.2, 0) is 17.6 Å². The fourth-order valence-corrected chi connectivity index (χ4v) is 4.06. The van der Waals surface area contributed by atoms with Crippen LogP contribution in [0.5, 0.6) is 0 Å². The SMILES string of the molecule is Cc1cc(C)c(CC(=O)c2oc3ccccc3c2NC(=O)Cc2ccccc2)c(C)c1. The van der Waals surface area contributed by atoms with E-state index in [-0.39, 0.29) is 30.3 Å². The summed E-state index contributed by atoms with van der Waals surface area (Å²) in [5, 5.41) is 3.66. The molecule has 4 aromatic rings. The molecule has 0 radical (unpaired) electrons. The van der Waals surface area contributed by atoms with Crippen molar-refractivity contribution < 1.29 is 14.0 Å². The molecule has 0 saturated carbocycles. The number of carbonyl (C=O) groups is 2. The minimum absolute atomic E-state index is 0.152. The van der Waals surface area contributed by atoms with Gasteiger partial charge in [-0.25, -0.2) is 0 Å². The van der Waals surface area contributed by atoms with Crippen molar-refractivity contribution >= 4 is 28.3 Å². The molecule has 1 N–H and O–H groups in total. The number of carbonyl (C=O) groups excluding carboxylic acids is 2. The molecule has 3 aromatic carbocycles. The number of para-hydroxylation sites is 1. The molecular formula is C27H25NO3. The third kappa shape index (κ3) is 4.43. The largest absolute Gasteiger partial charge is 0.451 e. The monoisotopic (exact) mass is 411 g/mol. The first-order chi connectivity index (χ1) is 14.9. The van der Waals surface area contributed by atoms with E-state index in [1.54, 1.807) is 6.07 Å². The first-order valence-corrected chi connectivity index (χ1v) is 10.4. The molecule has 0 bridgehead atoms. The quantitative estimate of drug-likeness (QED) is 0.398. The van der Waals surface area contributed by atoms with Crippen LogP contribution in [0.15, 0.2) is 71.1 Å². The van der Waals surface area contributed by atoms with E-state index >= 15 is 0 Å². The molecule has 0 aliphatic heterocycles. The van der Waals surface area contributed by atoms with Gasteiger partial charge in [0, 0.05) is 11.8 Å². The summed E-state index contributed by atoms with van der Waals surface area (Å²) in [6.45, 7) is 6.08. The first kappa shape index (κ1) is 20.6. The molecule has 31 heavy (non-hydrogen) atoms. The Morgan fingerprint density at radius 1 is 0.839 bits per heavy atom. The van der Waals surface area contributed by atoms with E-state index in [2.05, 4.69) is 17.4 Å². The number of aryl methyl sites for hydroxylation is 3. The average Bonchev–Trinajstić information content (AvgIpc) is 3.10. The predicted octanol–water partition coefficient (Wildman–Crippen LogP) is 5.96. The van der Waals surface area contributed by atoms with Gasteiger partial charge in [0.25, 0.3) is 0 Å². The van der Waals surface area contributed by atoms with Gasteiger partial charge in [0.2, 0.25) is 11.7 Å². The van der Waals surface area contributed by atoms with Gasteiger partial charge in [-0.15, -0.1) is 0 Å². The highest BCUT2D eigenvalue weighted by atomic mass is 16.3. The van der Waals surface area contributed by atoms with Gasteiger partial charge in [-0.3, -0.25) is 9.59 Å². The van der Waals surface area contributed by atoms with E-state index in [0.29, 0.717) is 11.3 Å². The summed E-state index contributed by atoms with van der Waals surface area (Å²) in [6.07, 6.45) is 0.448. The molecule has 0 unspecified atom stereocenters. The van der Waals surface area contributed by atoms with Crippen molar-refractivity contribution in [3.63, 3.8) is 0 Å². The Labute approximate surface area is 181 Å². The van der Waals surface area contributed by atoms with Gasteiger partial charge in [-0.2, -0.15) is 0 Å². The zero-order valence-electron chi connectivity index (χ0n) is 18.0. The maximum Gasteiger partial charge on any atom is 0.228 e. The van der Waals surface area contributed by atoms with Crippen LogP contribution in [-0.4, -0.2) is 11.7 Å². The molecule has 0 spiro atoms. The first-order valence-electron chi connectivity index (χ1n) is 10.4. The molecule has 0 aliphatic carbocycles. The Morgan fingerprint density at radius 2 is 1.48 bits per heavy atom. The molecule has 1 aromatic heterocycles. The Hall–Kier alpha value is -3.66. The van der Waals surface area contributed by atoms with Crippen LogP contribution in [0.3, 0.4) is 0 Å². The summed E-state index contributed by atoms with van der Waals surface area (Å²) in [4.78, 5) is 26.0. The summed E-state index contributed by atoms with van der Waals surface area (Å²) >= 11 is 0. The van der Waals surface area contributed by atoms with Gasteiger partial charge < -0.3 is 9.73 Å². The maximum absolute atomic E-state index is 13.3. The molecule has 4 rings (SSSR count). The zero-order chi connectivity index (χ0) is 22.0. The van der Waals surface area contributed by atoms with Gasteiger partial charge in [0.05, 0.1) is 12.1 Å². The number of hydrogen-bond acceptors (Lipinski definition) is 3. The number of anilines is 1. The summed E-state index contributed by atoms with van der Waals surface area (Å²) in [5.74, 6) is -0.141. The van der Waals surface area contributed by atoms with Crippen molar-refractivity contribution in [3.8, 4) is 0 Å². The van der Waals surface area contributed by atoms with Gasteiger partial charge in [-0.1, -0.05) is 60.2 Å². The number of fused-ring (bicyclic) bond motifs is 1. The second-order valence-corrected chi connectivity index (χ2v) is 7.99. The van der Waals surface area contributed by atoms with Crippen molar-refractivity contribution in [3.05, 3.63) is 100 Å². The molecule has 0 aliphatic rings.